The van der Waals surface area contributed by atoms with Crippen molar-refractivity contribution >= 4 is 5.82 Å². The number of anilines is 1. The van der Waals surface area contributed by atoms with Gasteiger partial charge in [-0.3, -0.25) is 0 Å². The predicted molar refractivity (Wildman–Crippen MR) is 71.8 cm³/mol. The molecular formula is C14H16FN3O. The van der Waals surface area contributed by atoms with Gasteiger partial charge in [0.1, 0.15) is 23.2 Å². The highest BCUT2D eigenvalue weighted by Crippen LogP contribution is 2.26. The van der Waals surface area contributed by atoms with Crippen molar-refractivity contribution in [1.29, 1.82) is 0 Å². The molecule has 2 aromatic rings. The predicted octanol–water partition coefficient (Wildman–Crippen LogP) is 3.17. The molecule has 0 unspecified atom stereocenters. The number of benzene rings is 1. The molecule has 0 aliphatic rings. The quantitative estimate of drug-likeness (QED) is 0.921. The van der Waals surface area contributed by atoms with Gasteiger partial charge in [-0.15, -0.1) is 0 Å². The Morgan fingerprint density at radius 2 is 2.00 bits per heavy atom. The van der Waals surface area contributed by atoms with Gasteiger partial charge >= 0.3 is 0 Å². The molecule has 19 heavy (non-hydrogen) atoms. The topological polar surface area (TPSA) is 61.0 Å². The Labute approximate surface area is 111 Å². The van der Waals surface area contributed by atoms with Crippen LogP contribution in [0, 0.1) is 19.7 Å². The number of aryl methyl sites for hydroxylation is 2. The number of nitrogens with zero attached hydrogens (tertiary/aromatic N) is 2. The van der Waals surface area contributed by atoms with Crippen molar-refractivity contribution in [3.8, 4) is 11.6 Å². The fourth-order valence-corrected chi connectivity index (χ4v) is 1.56. The molecule has 1 heterocycles. The number of nitrogens with two attached hydrogens (primary N) is 1. The zero-order chi connectivity index (χ0) is 14.0. The molecule has 0 amide bonds. The van der Waals surface area contributed by atoms with Gasteiger partial charge < -0.3 is 10.5 Å². The molecule has 1 aromatic carbocycles. The van der Waals surface area contributed by atoms with Gasteiger partial charge in [-0.05, 0) is 25.5 Å². The van der Waals surface area contributed by atoms with Crippen molar-refractivity contribution in [1.82, 2.24) is 9.97 Å². The minimum Gasteiger partial charge on any atom is -0.438 e. The van der Waals surface area contributed by atoms with Crippen LogP contribution in [0.5, 0.6) is 11.6 Å². The molecule has 0 spiro atoms. The fourth-order valence-electron chi connectivity index (χ4n) is 1.56. The van der Waals surface area contributed by atoms with Crippen molar-refractivity contribution in [2.75, 3.05) is 5.73 Å². The van der Waals surface area contributed by atoms with E-state index < -0.39 is 0 Å². The molecule has 0 saturated carbocycles. The second kappa shape index (κ2) is 5.22. The first-order valence-electron chi connectivity index (χ1n) is 6.08. The van der Waals surface area contributed by atoms with E-state index in [4.69, 9.17) is 10.5 Å². The molecular weight excluding hydrogens is 245 g/mol. The second-order valence-corrected chi connectivity index (χ2v) is 4.32. The smallest absolute Gasteiger partial charge is 0.227 e. The molecule has 0 aliphatic heterocycles. The van der Waals surface area contributed by atoms with Crippen molar-refractivity contribution in [2.24, 2.45) is 0 Å². The first kappa shape index (κ1) is 13.3. The Morgan fingerprint density at radius 1 is 1.26 bits per heavy atom. The summed E-state index contributed by atoms with van der Waals surface area (Å²) >= 11 is 0. The average molecular weight is 261 g/mol. The van der Waals surface area contributed by atoms with Crippen LogP contribution in [0.3, 0.4) is 0 Å². The SMILES string of the molecule is CCc1nc(N)c(C)c(Oc2ccc(C)c(F)c2)n1. The zero-order valence-electron chi connectivity index (χ0n) is 11.2. The van der Waals surface area contributed by atoms with E-state index in [1.54, 1.807) is 26.0 Å². The molecule has 4 nitrogen and oxygen atoms in total. The molecule has 0 fully saturated rings. The van der Waals surface area contributed by atoms with Gasteiger partial charge in [0.05, 0.1) is 5.56 Å². The number of hydrogen-bond acceptors (Lipinski definition) is 4. The Morgan fingerprint density at radius 3 is 2.63 bits per heavy atom. The molecule has 1 aromatic heterocycles. The van der Waals surface area contributed by atoms with E-state index in [1.165, 1.54) is 6.07 Å². The number of rotatable bonds is 3. The molecule has 0 atom stereocenters. The van der Waals surface area contributed by atoms with Crippen LogP contribution in [0.2, 0.25) is 0 Å². The Balaban J connectivity index is 2.37. The van der Waals surface area contributed by atoms with Crippen LogP contribution in [0.4, 0.5) is 10.2 Å². The van der Waals surface area contributed by atoms with Crippen molar-refractivity contribution in [3.05, 3.63) is 41.0 Å². The lowest BCUT2D eigenvalue weighted by Gasteiger charge is -2.11. The number of halogens is 1. The highest BCUT2D eigenvalue weighted by atomic mass is 19.1. The van der Waals surface area contributed by atoms with E-state index >= 15 is 0 Å². The van der Waals surface area contributed by atoms with Gasteiger partial charge in [0.25, 0.3) is 0 Å². The number of hydrogen-bond donors (Lipinski definition) is 1. The summed E-state index contributed by atoms with van der Waals surface area (Å²) in [6, 6.07) is 4.69. The summed E-state index contributed by atoms with van der Waals surface area (Å²) in [7, 11) is 0. The highest BCUT2D eigenvalue weighted by Gasteiger charge is 2.11. The van der Waals surface area contributed by atoms with E-state index in [2.05, 4.69) is 9.97 Å². The second-order valence-electron chi connectivity index (χ2n) is 4.32. The Hall–Kier alpha value is -2.17. The van der Waals surface area contributed by atoms with E-state index in [0.29, 0.717) is 40.8 Å². The lowest BCUT2D eigenvalue weighted by molar-refractivity contribution is 0.450. The average Bonchev–Trinajstić information content (AvgIpc) is 2.39. The number of ether oxygens (including phenoxy) is 1. The lowest BCUT2D eigenvalue weighted by atomic mass is 10.2. The summed E-state index contributed by atoms with van der Waals surface area (Å²) in [6.45, 7) is 5.40. The molecule has 100 valence electrons. The fraction of sp³-hybridized carbons (Fsp3) is 0.286. The third-order valence-electron chi connectivity index (χ3n) is 2.86. The summed E-state index contributed by atoms with van der Waals surface area (Å²) in [5.74, 6) is 1.44. The van der Waals surface area contributed by atoms with Gasteiger partial charge in [0, 0.05) is 12.5 Å². The third-order valence-corrected chi connectivity index (χ3v) is 2.86. The largest absolute Gasteiger partial charge is 0.438 e. The Kier molecular flexibility index (Phi) is 3.64. The van der Waals surface area contributed by atoms with Gasteiger partial charge in [-0.1, -0.05) is 13.0 Å². The first-order chi connectivity index (χ1) is 9.01. The molecule has 5 heteroatoms. The lowest BCUT2D eigenvalue weighted by Crippen LogP contribution is -2.04. The van der Waals surface area contributed by atoms with Crippen LogP contribution in [0.25, 0.3) is 0 Å². The molecule has 0 aliphatic carbocycles. The third kappa shape index (κ3) is 2.81. The summed E-state index contributed by atoms with van der Waals surface area (Å²) in [4.78, 5) is 8.40. The van der Waals surface area contributed by atoms with Crippen molar-refractivity contribution < 1.29 is 9.13 Å². The highest BCUT2D eigenvalue weighted by molar-refractivity contribution is 5.46. The Bertz CT molecular complexity index is 614. The van der Waals surface area contributed by atoms with Crippen LogP contribution in [0.15, 0.2) is 18.2 Å². The van der Waals surface area contributed by atoms with E-state index in [1.807, 2.05) is 6.92 Å². The minimum absolute atomic E-state index is 0.312. The summed E-state index contributed by atoms with van der Waals surface area (Å²) < 4.78 is 19.1. The van der Waals surface area contributed by atoms with Gasteiger partial charge in [-0.2, -0.15) is 4.98 Å². The first-order valence-corrected chi connectivity index (χ1v) is 6.08. The van der Waals surface area contributed by atoms with Crippen molar-refractivity contribution in [2.45, 2.75) is 27.2 Å². The molecule has 0 radical (unpaired) electrons. The number of aromatic nitrogens is 2. The van der Waals surface area contributed by atoms with E-state index in [9.17, 15) is 4.39 Å². The standard InChI is InChI=1S/C14H16FN3O/c1-4-12-17-13(16)9(3)14(18-12)19-10-6-5-8(2)11(15)7-10/h5-7H,4H2,1-3H3,(H2,16,17,18). The summed E-state index contributed by atoms with van der Waals surface area (Å²) in [5, 5.41) is 0. The number of nitrogen functional groups attached to an aromatic ring is 1. The maximum Gasteiger partial charge on any atom is 0.227 e. The van der Waals surface area contributed by atoms with Gasteiger partial charge in [-0.25, -0.2) is 9.37 Å². The van der Waals surface area contributed by atoms with E-state index in [-0.39, 0.29) is 5.82 Å². The maximum atomic E-state index is 13.5. The van der Waals surface area contributed by atoms with Crippen molar-refractivity contribution in [3.63, 3.8) is 0 Å². The van der Waals surface area contributed by atoms with Crippen LogP contribution < -0.4 is 10.5 Å². The minimum atomic E-state index is -0.312. The molecule has 2 N–H and O–H groups in total. The van der Waals surface area contributed by atoms with Gasteiger partial charge in [0.15, 0.2) is 0 Å². The normalized spacial score (nSPS) is 10.5. The van der Waals surface area contributed by atoms with E-state index in [0.717, 1.165) is 0 Å². The molecule has 0 bridgehead atoms. The maximum absolute atomic E-state index is 13.5. The molecule has 2 rings (SSSR count). The summed E-state index contributed by atoms with van der Waals surface area (Å²) in [6.07, 6.45) is 0.656. The van der Waals surface area contributed by atoms with Crippen LogP contribution in [-0.2, 0) is 6.42 Å². The summed E-state index contributed by atoms with van der Waals surface area (Å²) in [5.41, 5.74) is 7.02. The monoisotopic (exact) mass is 261 g/mol. The van der Waals surface area contributed by atoms with Crippen LogP contribution >= 0.6 is 0 Å². The molecule has 0 saturated heterocycles. The van der Waals surface area contributed by atoms with Gasteiger partial charge in [0.2, 0.25) is 5.88 Å². The van der Waals surface area contributed by atoms with Crippen LogP contribution in [-0.4, -0.2) is 9.97 Å². The van der Waals surface area contributed by atoms with Crippen LogP contribution in [0.1, 0.15) is 23.9 Å². The zero-order valence-corrected chi connectivity index (χ0v) is 11.2.